The molecule has 0 aliphatic heterocycles. The quantitative estimate of drug-likeness (QED) is 0.449. The Labute approximate surface area is 66.4 Å². The molecule has 1 atom stereocenters. The summed E-state index contributed by atoms with van der Waals surface area (Å²) in [6, 6.07) is -0.127. The molecule has 1 saturated carbocycles. The lowest BCUT2D eigenvalue weighted by molar-refractivity contribution is -0.105. The van der Waals surface area contributed by atoms with Gasteiger partial charge in [0.25, 0.3) is 0 Å². The molecule has 3 heteroatoms. The van der Waals surface area contributed by atoms with E-state index in [4.69, 9.17) is 11.5 Å². The Morgan fingerprint density at radius 1 is 1.64 bits per heavy atom. The van der Waals surface area contributed by atoms with Crippen molar-refractivity contribution in [1.82, 2.24) is 0 Å². The summed E-state index contributed by atoms with van der Waals surface area (Å²) >= 11 is 0. The fourth-order valence-corrected chi connectivity index (χ4v) is 1.14. The number of carbonyl (C=O) groups is 1. The van der Waals surface area contributed by atoms with Crippen LogP contribution in [0, 0.1) is 5.92 Å². The molecule has 0 aromatic rings. The smallest absolute Gasteiger partial charge is 0.149 e. The molecule has 11 heavy (non-hydrogen) atoms. The van der Waals surface area contributed by atoms with Crippen molar-refractivity contribution >= 4 is 6.29 Å². The maximum Gasteiger partial charge on any atom is 0.149 e. The van der Waals surface area contributed by atoms with Crippen molar-refractivity contribution in [2.45, 2.75) is 25.8 Å². The summed E-state index contributed by atoms with van der Waals surface area (Å²) in [7, 11) is 0. The fourth-order valence-electron chi connectivity index (χ4n) is 1.14. The van der Waals surface area contributed by atoms with Gasteiger partial charge in [0.2, 0.25) is 0 Å². The predicted octanol–water partition coefficient (Wildman–Crippen LogP) is 0.155. The van der Waals surface area contributed by atoms with E-state index in [0.29, 0.717) is 17.2 Å². The van der Waals surface area contributed by atoms with E-state index in [-0.39, 0.29) is 6.04 Å². The van der Waals surface area contributed by atoms with Crippen LogP contribution < -0.4 is 11.5 Å². The lowest BCUT2D eigenvalue weighted by atomic mass is 10.0. The summed E-state index contributed by atoms with van der Waals surface area (Å²) < 4.78 is 0. The predicted molar refractivity (Wildman–Crippen MR) is 43.7 cm³/mol. The summed E-state index contributed by atoms with van der Waals surface area (Å²) in [4.78, 5) is 10.5. The summed E-state index contributed by atoms with van der Waals surface area (Å²) in [5.41, 5.74) is 12.4. The van der Waals surface area contributed by atoms with Crippen LogP contribution in [-0.4, -0.2) is 12.3 Å². The molecule has 4 N–H and O–H groups in total. The van der Waals surface area contributed by atoms with E-state index >= 15 is 0 Å². The topological polar surface area (TPSA) is 69.1 Å². The molecule has 0 amide bonds. The van der Waals surface area contributed by atoms with Crippen LogP contribution in [0.3, 0.4) is 0 Å². The maximum absolute atomic E-state index is 10.5. The molecule has 0 aromatic heterocycles. The second-order valence-electron chi connectivity index (χ2n) is 3.12. The SMILES string of the molecule is CC(N)=C(C=O)[C@@H](N)C1CC1. The Hall–Kier alpha value is -0.830. The number of hydrogen-bond acceptors (Lipinski definition) is 3. The highest BCUT2D eigenvalue weighted by molar-refractivity contribution is 5.76. The summed E-state index contributed by atoms with van der Waals surface area (Å²) in [6.45, 7) is 1.71. The van der Waals surface area contributed by atoms with Crippen molar-refractivity contribution < 1.29 is 4.79 Å². The molecule has 0 radical (unpaired) electrons. The third-order valence-electron chi connectivity index (χ3n) is 2.07. The standard InChI is InChI=1S/C8H14N2O/c1-5(9)7(4-11)8(10)6-2-3-6/h4,6,8H,2-3,9-10H2,1H3/t8-/m0/s1. The van der Waals surface area contributed by atoms with E-state index in [1.54, 1.807) is 6.92 Å². The highest BCUT2D eigenvalue weighted by atomic mass is 16.1. The third-order valence-corrected chi connectivity index (χ3v) is 2.07. The highest BCUT2D eigenvalue weighted by Gasteiger charge is 2.31. The minimum absolute atomic E-state index is 0.127. The molecule has 0 saturated heterocycles. The molecular weight excluding hydrogens is 140 g/mol. The van der Waals surface area contributed by atoms with Crippen LogP contribution in [0.2, 0.25) is 0 Å². The molecule has 0 aromatic carbocycles. The van der Waals surface area contributed by atoms with Gasteiger partial charge in [-0.05, 0) is 25.7 Å². The largest absolute Gasteiger partial charge is 0.402 e. The van der Waals surface area contributed by atoms with Crippen molar-refractivity contribution in [3.8, 4) is 0 Å². The van der Waals surface area contributed by atoms with Gasteiger partial charge in [-0.3, -0.25) is 4.79 Å². The van der Waals surface area contributed by atoms with Crippen molar-refractivity contribution in [2.24, 2.45) is 17.4 Å². The highest BCUT2D eigenvalue weighted by Crippen LogP contribution is 2.34. The van der Waals surface area contributed by atoms with Crippen LogP contribution in [-0.2, 0) is 4.79 Å². The first-order valence-corrected chi connectivity index (χ1v) is 3.83. The first-order chi connectivity index (χ1) is 5.16. The van der Waals surface area contributed by atoms with Gasteiger partial charge in [-0.15, -0.1) is 0 Å². The Bertz CT molecular complexity index is 190. The van der Waals surface area contributed by atoms with E-state index in [1.807, 2.05) is 0 Å². The molecule has 0 heterocycles. The van der Waals surface area contributed by atoms with E-state index in [9.17, 15) is 4.79 Å². The number of carbonyl (C=O) groups excluding carboxylic acids is 1. The van der Waals surface area contributed by atoms with E-state index in [1.165, 1.54) is 0 Å². The van der Waals surface area contributed by atoms with Crippen LogP contribution >= 0.6 is 0 Å². The van der Waals surface area contributed by atoms with Crippen LogP contribution in [0.15, 0.2) is 11.3 Å². The second-order valence-corrected chi connectivity index (χ2v) is 3.12. The molecule has 1 fully saturated rings. The molecule has 1 aliphatic carbocycles. The molecule has 0 bridgehead atoms. The Balaban J connectivity index is 2.67. The molecule has 0 unspecified atom stereocenters. The molecule has 3 nitrogen and oxygen atoms in total. The van der Waals surface area contributed by atoms with Gasteiger partial charge >= 0.3 is 0 Å². The minimum atomic E-state index is -0.127. The third kappa shape index (κ3) is 1.80. The summed E-state index contributed by atoms with van der Waals surface area (Å²) in [6.07, 6.45) is 3.04. The number of allylic oxidation sites excluding steroid dienone is 1. The Morgan fingerprint density at radius 2 is 2.18 bits per heavy atom. The van der Waals surface area contributed by atoms with Gasteiger partial charge in [0.15, 0.2) is 0 Å². The Kier molecular flexibility index (Phi) is 2.29. The number of nitrogens with two attached hydrogens (primary N) is 2. The van der Waals surface area contributed by atoms with Gasteiger partial charge in [0.1, 0.15) is 6.29 Å². The zero-order valence-electron chi connectivity index (χ0n) is 6.71. The number of hydrogen-bond donors (Lipinski definition) is 2. The number of rotatable bonds is 3. The normalized spacial score (nSPS) is 22.4. The molecule has 0 spiro atoms. The van der Waals surface area contributed by atoms with Crippen LogP contribution in [0.1, 0.15) is 19.8 Å². The summed E-state index contributed by atoms with van der Waals surface area (Å²) in [5, 5.41) is 0. The van der Waals surface area contributed by atoms with Gasteiger partial charge in [0, 0.05) is 17.3 Å². The van der Waals surface area contributed by atoms with Crippen LogP contribution in [0.4, 0.5) is 0 Å². The van der Waals surface area contributed by atoms with Gasteiger partial charge < -0.3 is 11.5 Å². The molecule has 1 aliphatic rings. The monoisotopic (exact) mass is 154 g/mol. The molecule has 62 valence electrons. The van der Waals surface area contributed by atoms with Gasteiger partial charge in [-0.2, -0.15) is 0 Å². The molecular formula is C8H14N2O. The first-order valence-electron chi connectivity index (χ1n) is 3.83. The second kappa shape index (κ2) is 3.05. The summed E-state index contributed by atoms with van der Waals surface area (Å²) in [5.74, 6) is 0.494. The Morgan fingerprint density at radius 3 is 2.45 bits per heavy atom. The van der Waals surface area contributed by atoms with Crippen LogP contribution in [0.25, 0.3) is 0 Å². The minimum Gasteiger partial charge on any atom is -0.402 e. The van der Waals surface area contributed by atoms with Crippen molar-refractivity contribution in [3.05, 3.63) is 11.3 Å². The van der Waals surface area contributed by atoms with E-state index < -0.39 is 0 Å². The average molecular weight is 154 g/mol. The van der Waals surface area contributed by atoms with Gasteiger partial charge in [0.05, 0.1) is 0 Å². The fraction of sp³-hybridized carbons (Fsp3) is 0.625. The van der Waals surface area contributed by atoms with Crippen molar-refractivity contribution in [3.63, 3.8) is 0 Å². The molecule has 1 rings (SSSR count). The van der Waals surface area contributed by atoms with Crippen LogP contribution in [0.5, 0.6) is 0 Å². The van der Waals surface area contributed by atoms with Gasteiger partial charge in [-0.1, -0.05) is 0 Å². The lowest BCUT2D eigenvalue weighted by Gasteiger charge is -2.10. The first kappa shape index (κ1) is 8.27. The van der Waals surface area contributed by atoms with Crippen molar-refractivity contribution in [2.75, 3.05) is 0 Å². The van der Waals surface area contributed by atoms with E-state index in [0.717, 1.165) is 19.1 Å². The number of aldehydes is 1. The van der Waals surface area contributed by atoms with E-state index in [2.05, 4.69) is 0 Å². The lowest BCUT2D eigenvalue weighted by Crippen LogP contribution is -2.28. The zero-order chi connectivity index (χ0) is 8.43. The van der Waals surface area contributed by atoms with Crippen molar-refractivity contribution in [1.29, 1.82) is 0 Å². The zero-order valence-corrected chi connectivity index (χ0v) is 6.71. The average Bonchev–Trinajstić information content (AvgIpc) is 2.68. The van der Waals surface area contributed by atoms with Gasteiger partial charge in [-0.25, -0.2) is 0 Å². The maximum atomic E-state index is 10.5.